The third-order valence-corrected chi connectivity index (χ3v) is 5.91. The normalized spacial score (nSPS) is 15.1. The number of rotatable bonds is 9. The number of aromatic nitrogens is 3. The number of halogens is 5. The van der Waals surface area contributed by atoms with E-state index in [9.17, 15) is 31.5 Å². The Bertz CT molecular complexity index is 1440. The van der Waals surface area contributed by atoms with Crippen LogP contribution in [0.2, 0.25) is 0 Å². The minimum absolute atomic E-state index is 0.0618. The van der Waals surface area contributed by atoms with Gasteiger partial charge in [0.25, 0.3) is 17.7 Å². The first-order valence-corrected chi connectivity index (χ1v) is 12.1. The Morgan fingerprint density at radius 1 is 1.25 bits per heavy atom. The number of aryl methyl sites for hydroxylation is 1. The number of fused-ring (bicyclic) bond motifs is 1. The van der Waals surface area contributed by atoms with Crippen molar-refractivity contribution in [2.45, 2.75) is 44.3 Å². The van der Waals surface area contributed by atoms with Crippen molar-refractivity contribution in [1.82, 2.24) is 25.4 Å². The third kappa shape index (κ3) is 7.10. The molecule has 1 atom stereocenters. The van der Waals surface area contributed by atoms with Crippen molar-refractivity contribution < 1.29 is 36.3 Å². The molecular weight excluding hydrogens is 539 g/mol. The summed E-state index contributed by atoms with van der Waals surface area (Å²) >= 11 is 0. The zero-order valence-corrected chi connectivity index (χ0v) is 21.1. The average molecular weight is 562 g/mol. The second kappa shape index (κ2) is 11.3. The second-order valence-electron chi connectivity index (χ2n) is 9.32. The smallest absolute Gasteiger partial charge is 0.422 e. The van der Waals surface area contributed by atoms with E-state index in [2.05, 4.69) is 20.7 Å². The van der Waals surface area contributed by atoms with E-state index in [-0.39, 0.29) is 40.5 Å². The molecular formula is C26H23F5N6O3. The fraction of sp³-hybridized carbons (Fsp3) is 0.346. The van der Waals surface area contributed by atoms with Crippen molar-refractivity contribution in [2.75, 3.05) is 13.2 Å². The molecule has 0 spiro atoms. The molecule has 1 aliphatic heterocycles. The molecule has 3 heterocycles. The lowest BCUT2D eigenvalue weighted by Gasteiger charge is -2.23. The summed E-state index contributed by atoms with van der Waals surface area (Å²) in [6.45, 7) is -1.75. The molecule has 0 fully saturated rings. The van der Waals surface area contributed by atoms with Crippen molar-refractivity contribution in [1.29, 1.82) is 5.26 Å². The highest BCUT2D eigenvalue weighted by Crippen LogP contribution is 2.26. The molecule has 0 aliphatic carbocycles. The maximum atomic E-state index is 13.4. The Balaban J connectivity index is 1.56. The number of pyridine rings is 1. The zero-order chi connectivity index (χ0) is 29.1. The van der Waals surface area contributed by atoms with E-state index in [0.29, 0.717) is 25.3 Å². The summed E-state index contributed by atoms with van der Waals surface area (Å²) in [7, 11) is 0. The summed E-state index contributed by atoms with van der Waals surface area (Å²) in [5.41, 5.74) is 0.815. The molecule has 1 unspecified atom stereocenters. The van der Waals surface area contributed by atoms with Crippen LogP contribution in [0.3, 0.4) is 0 Å². The van der Waals surface area contributed by atoms with Gasteiger partial charge in [0.1, 0.15) is 17.5 Å². The van der Waals surface area contributed by atoms with Crippen LogP contribution in [-0.2, 0) is 12.8 Å². The number of benzene rings is 1. The summed E-state index contributed by atoms with van der Waals surface area (Å²) in [5, 5.41) is 18.3. The molecule has 0 saturated heterocycles. The topological polar surface area (TPSA) is 122 Å². The van der Waals surface area contributed by atoms with Gasteiger partial charge in [0, 0.05) is 25.6 Å². The standard InChI is InChI=1S/C26H23F5N6O3/c1-25(27,28)13-34-24(39)22-21-19(36-37(22)20-8-6-16(11-32)12-33-20)10-17(35-23(21)38)7-5-15-3-2-4-18(9-15)40-14-26(29,30)31/h2-4,6,8-9,12,17H,5,7,10,13-14H2,1H3,(H,34,39)(H,35,38). The van der Waals surface area contributed by atoms with Crippen molar-refractivity contribution in [3.05, 3.63) is 70.7 Å². The van der Waals surface area contributed by atoms with Crippen LogP contribution < -0.4 is 15.4 Å². The van der Waals surface area contributed by atoms with E-state index in [1.165, 1.54) is 30.5 Å². The molecule has 14 heteroatoms. The van der Waals surface area contributed by atoms with Gasteiger partial charge in [-0.3, -0.25) is 9.59 Å². The highest BCUT2D eigenvalue weighted by atomic mass is 19.4. The Morgan fingerprint density at radius 3 is 2.67 bits per heavy atom. The second-order valence-corrected chi connectivity index (χ2v) is 9.32. The van der Waals surface area contributed by atoms with E-state index in [4.69, 9.17) is 10.00 Å². The first kappa shape index (κ1) is 28.5. The van der Waals surface area contributed by atoms with Crippen LogP contribution in [0.4, 0.5) is 22.0 Å². The average Bonchev–Trinajstić information content (AvgIpc) is 3.29. The van der Waals surface area contributed by atoms with Crippen LogP contribution in [0.5, 0.6) is 5.75 Å². The fourth-order valence-electron chi connectivity index (χ4n) is 4.13. The lowest BCUT2D eigenvalue weighted by Crippen LogP contribution is -2.43. The molecule has 0 bridgehead atoms. The summed E-state index contributed by atoms with van der Waals surface area (Å²) in [6, 6.07) is 10.5. The van der Waals surface area contributed by atoms with Crippen molar-refractivity contribution in [3.63, 3.8) is 0 Å². The predicted molar refractivity (Wildman–Crippen MR) is 130 cm³/mol. The summed E-state index contributed by atoms with van der Waals surface area (Å²) in [5.74, 6) is -4.63. The highest BCUT2D eigenvalue weighted by molar-refractivity contribution is 6.08. The first-order chi connectivity index (χ1) is 18.8. The summed E-state index contributed by atoms with van der Waals surface area (Å²) < 4.78 is 70.1. The first-order valence-electron chi connectivity index (χ1n) is 12.1. The molecule has 210 valence electrons. The predicted octanol–water partition coefficient (Wildman–Crippen LogP) is 3.75. The monoisotopic (exact) mass is 562 g/mol. The number of hydrogen-bond acceptors (Lipinski definition) is 6. The van der Waals surface area contributed by atoms with Gasteiger partial charge in [0.15, 0.2) is 12.4 Å². The van der Waals surface area contributed by atoms with E-state index in [1.54, 1.807) is 12.1 Å². The molecule has 0 saturated carbocycles. The maximum Gasteiger partial charge on any atom is 0.422 e. The summed E-state index contributed by atoms with van der Waals surface area (Å²) in [6.07, 6.45) is -2.25. The molecule has 1 aromatic carbocycles. The Labute approximate surface area is 225 Å². The van der Waals surface area contributed by atoms with Gasteiger partial charge in [-0.25, -0.2) is 18.4 Å². The minimum Gasteiger partial charge on any atom is -0.484 e. The molecule has 9 nitrogen and oxygen atoms in total. The maximum absolute atomic E-state index is 13.4. The number of hydrogen-bond donors (Lipinski definition) is 2. The van der Waals surface area contributed by atoms with Crippen molar-refractivity contribution in [3.8, 4) is 17.6 Å². The number of ether oxygens (including phenoxy) is 1. The van der Waals surface area contributed by atoms with Crippen LogP contribution in [0, 0.1) is 11.3 Å². The molecule has 0 radical (unpaired) electrons. The number of nitrogens with one attached hydrogen (secondary N) is 2. The molecule has 2 amide bonds. The van der Waals surface area contributed by atoms with Crippen LogP contribution in [0.25, 0.3) is 5.82 Å². The van der Waals surface area contributed by atoms with E-state index >= 15 is 0 Å². The Morgan fingerprint density at radius 2 is 2.02 bits per heavy atom. The molecule has 3 aromatic rings. The third-order valence-electron chi connectivity index (χ3n) is 5.91. The summed E-state index contributed by atoms with van der Waals surface area (Å²) in [4.78, 5) is 30.2. The number of nitrogens with zero attached hydrogens (tertiary/aromatic N) is 4. The highest BCUT2D eigenvalue weighted by Gasteiger charge is 2.36. The Kier molecular flexibility index (Phi) is 8.03. The number of nitriles is 1. The minimum atomic E-state index is -4.47. The van der Waals surface area contributed by atoms with Gasteiger partial charge >= 0.3 is 6.18 Å². The molecule has 4 rings (SSSR count). The quantitative estimate of drug-likeness (QED) is 0.383. The largest absolute Gasteiger partial charge is 0.484 e. The number of carbonyl (C=O) groups is 2. The molecule has 1 aliphatic rings. The SMILES string of the molecule is CC(F)(F)CNC(=O)c1c2c(nn1-c1ccc(C#N)cn1)CC(CCc1cccc(OCC(F)(F)F)c1)NC2=O. The molecule has 40 heavy (non-hydrogen) atoms. The number of alkyl halides is 5. The van der Waals surface area contributed by atoms with Gasteiger partial charge in [-0.15, -0.1) is 0 Å². The van der Waals surface area contributed by atoms with Gasteiger partial charge < -0.3 is 15.4 Å². The van der Waals surface area contributed by atoms with Gasteiger partial charge in [0.2, 0.25) is 0 Å². The van der Waals surface area contributed by atoms with E-state index in [1.807, 2.05) is 6.07 Å². The van der Waals surface area contributed by atoms with Crippen LogP contribution in [0.1, 0.15) is 51.0 Å². The number of carbonyl (C=O) groups excluding carboxylic acids is 2. The van der Waals surface area contributed by atoms with Gasteiger partial charge in [-0.05, 0) is 42.7 Å². The van der Waals surface area contributed by atoms with Crippen LogP contribution in [0.15, 0.2) is 42.6 Å². The lowest BCUT2D eigenvalue weighted by atomic mass is 9.95. The van der Waals surface area contributed by atoms with Gasteiger partial charge in [-0.1, -0.05) is 12.1 Å². The number of amides is 2. The van der Waals surface area contributed by atoms with Crippen molar-refractivity contribution >= 4 is 11.8 Å². The molecule has 2 aromatic heterocycles. The van der Waals surface area contributed by atoms with E-state index < -0.39 is 43.1 Å². The lowest BCUT2D eigenvalue weighted by molar-refractivity contribution is -0.153. The van der Waals surface area contributed by atoms with Gasteiger partial charge in [0.05, 0.1) is 23.4 Å². The van der Waals surface area contributed by atoms with E-state index in [0.717, 1.165) is 4.68 Å². The Hall–Kier alpha value is -4.54. The fourth-order valence-corrected chi connectivity index (χ4v) is 4.13. The van der Waals surface area contributed by atoms with Gasteiger partial charge in [-0.2, -0.15) is 23.5 Å². The van der Waals surface area contributed by atoms with Crippen molar-refractivity contribution in [2.24, 2.45) is 0 Å². The van der Waals surface area contributed by atoms with Crippen LogP contribution >= 0.6 is 0 Å². The zero-order valence-electron chi connectivity index (χ0n) is 21.1. The molecule has 2 N–H and O–H groups in total. The van der Waals surface area contributed by atoms with Crippen LogP contribution in [-0.4, -0.2) is 57.9 Å².